The van der Waals surface area contributed by atoms with Crippen LogP contribution < -0.4 is 0 Å². The monoisotopic (exact) mass is 303 g/mol. The molecule has 0 saturated carbocycles. The largest absolute Gasteiger partial charge is 0.506 e. The Hall–Kier alpha value is -2.80. The van der Waals surface area contributed by atoms with Crippen molar-refractivity contribution < 1.29 is 5.11 Å². The Bertz CT molecular complexity index is 976. The van der Waals surface area contributed by atoms with Crippen LogP contribution in [0.2, 0.25) is 0 Å². The number of nitrogens with zero attached hydrogens (tertiary/aromatic N) is 3. The number of aromatic nitrogens is 2. The van der Waals surface area contributed by atoms with Gasteiger partial charge in [-0.3, -0.25) is 4.98 Å². The predicted octanol–water partition coefficient (Wildman–Crippen LogP) is 3.96. The summed E-state index contributed by atoms with van der Waals surface area (Å²) in [5.74, 6) is 0.554. The van der Waals surface area contributed by atoms with E-state index in [1.165, 1.54) is 0 Å². The van der Waals surface area contributed by atoms with Crippen LogP contribution >= 0.6 is 0 Å². The van der Waals surface area contributed by atoms with Crippen LogP contribution in [0.3, 0.4) is 0 Å². The molecule has 0 radical (unpaired) electrons. The van der Waals surface area contributed by atoms with E-state index in [2.05, 4.69) is 24.5 Å². The number of hydrogen-bond donors (Lipinski definition) is 1. The summed E-state index contributed by atoms with van der Waals surface area (Å²) in [5, 5.41) is 21.1. The summed E-state index contributed by atoms with van der Waals surface area (Å²) in [4.78, 5) is 4.74. The molecular weight excluding hydrogens is 286 g/mol. The molecule has 114 valence electrons. The van der Waals surface area contributed by atoms with E-state index in [4.69, 9.17) is 4.98 Å². The molecule has 0 unspecified atom stereocenters. The molecule has 4 rings (SSSR count). The maximum atomic E-state index is 10.5. The Morgan fingerprint density at radius 2 is 2.09 bits per heavy atom. The van der Waals surface area contributed by atoms with E-state index in [0.717, 1.165) is 46.5 Å². The van der Waals surface area contributed by atoms with E-state index in [1.54, 1.807) is 0 Å². The van der Waals surface area contributed by atoms with Gasteiger partial charge in [0.15, 0.2) is 0 Å². The van der Waals surface area contributed by atoms with E-state index in [9.17, 15) is 10.4 Å². The number of rotatable bonds is 1. The molecule has 0 aliphatic carbocycles. The van der Waals surface area contributed by atoms with Crippen LogP contribution in [0.1, 0.15) is 36.7 Å². The van der Waals surface area contributed by atoms with Gasteiger partial charge in [-0.05, 0) is 12.0 Å². The molecule has 2 aromatic heterocycles. The number of benzene rings is 1. The molecule has 0 atom stereocenters. The topological polar surface area (TPSA) is 61.8 Å². The first kappa shape index (κ1) is 13.8. The van der Waals surface area contributed by atoms with E-state index >= 15 is 0 Å². The van der Waals surface area contributed by atoms with Gasteiger partial charge >= 0.3 is 0 Å². The van der Waals surface area contributed by atoms with Crippen LogP contribution in [0.25, 0.3) is 22.2 Å². The van der Waals surface area contributed by atoms with Crippen LogP contribution in [0.4, 0.5) is 0 Å². The molecule has 23 heavy (non-hydrogen) atoms. The van der Waals surface area contributed by atoms with Crippen LogP contribution in [-0.4, -0.2) is 14.7 Å². The molecule has 1 aliphatic heterocycles. The van der Waals surface area contributed by atoms with Gasteiger partial charge < -0.3 is 9.67 Å². The molecule has 0 amide bonds. The highest BCUT2D eigenvalue weighted by Crippen LogP contribution is 2.43. The minimum Gasteiger partial charge on any atom is -0.506 e. The highest BCUT2D eigenvalue weighted by molar-refractivity contribution is 5.93. The van der Waals surface area contributed by atoms with Crippen molar-refractivity contribution in [1.82, 2.24) is 9.55 Å². The second-order valence-corrected chi connectivity index (χ2v) is 6.30. The first-order valence-electron chi connectivity index (χ1n) is 7.86. The number of para-hydroxylation sites is 1. The van der Waals surface area contributed by atoms with Crippen molar-refractivity contribution in [2.75, 3.05) is 0 Å². The number of nitriles is 1. The Balaban J connectivity index is 2.12. The van der Waals surface area contributed by atoms with Crippen molar-refractivity contribution in [1.29, 1.82) is 5.26 Å². The normalized spacial score (nSPS) is 13.0. The third kappa shape index (κ3) is 1.86. The summed E-state index contributed by atoms with van der Waals surface area (Å²) in [6.07, 6.45) is 0.773. The van der Waals surface area contributed by atoms with Crippen molar-refractivity contribution >= 4 is 10.9 Å². The quantitative estimate of drug-likeness (QED) is 0.740. The van der Waals surface area contributed by atoms with Gasteiger partial charge in [0.1, 0.15) is 11.8 Å². The van der Waals surface area contributed by atoms with Gasteiger partial charge in [0.25, 0.3) is 0 Å². The number of pyridine rings is 1. The second kappa shape index (κ2) is 4.85. The predicted molar refractivity (Wildman–Crippen MR) is 89.3 cm³/mol. The summed E-state index contributed by atoms with van der Waals surface area (Å²) in [7, 11) is 0. The minimum absolute atomic E-state index is 0.239. The lowest BCUT2D eigenvalue weighted by atomic mass is 9.95. The number of fused-ring (bicyclic) bond motifs is 4. The van der Waals surface area contributed by atoms with Gasteiger partial charge in [0.05, 0.1) is 22.5 Å². The molecule has 4 heteroatoms. The first-order valence-corrected chi connectivity index (χ1v) is 7.86. The standard InChI is InChI=1S/C19H17N3O/c1-11(2)16-9-17(23)19-18-13(10-20)12-5-3-4-6-14(12)21-15(18)7-8-22(16)19/h3-6,9,11,23H,7-8H2,1-2H3. The SMILES string of the molecule is CC(C)c1cc(O)c2n1CCc1nc3ccccc3c(C#N)c1-2. The highest BCUT2D eigenvalue weighted by Gasteiger charge is 2.28. The molecule has 0 bridgehead atoms. The molecular formula is C19H17N3O. The summed E-state index contributed by atoms with van der Waals surface area (Å²) in [6, 6.07) is 11.9. The fourth-order valence-corrected chi connectivity index (χ4v) is 3.57. The zero-order chi connectivity index (χ0) is 16.1. The van der Waals surface area contributed by atoms with E-state index in [1.807, 2.05) is 30.3 Å². The Kier molecular flexibility index (Phi) is 2.92. The lowest BCUT2D eigenvalue weighted by Gasteiger charge is -2.23. The summed E-state index contributed by atoms with van der Waals surface area (Å²) in [6.45, 7) is 5.01. The van der Waals surface area contributed by atoms with Crippen LogP contribution in [0.15, 0.2) is 30.3 Å². The van der Waals surface area contributed by atoms with Crippen molar-refractivity contribution in [2.24, 2.45) is 0 Å². The van der Waals surface area contributed by atoms with Gasteiger partial charge in [-0.2, -0.15) is 5.26 Å². The highest BCUT2D eigenvalue weighted by atomic mass is 16.3. The number of hydrogen-bond acceptors (Lipinski definition) is 3. The number of aromatic hydroxyl groups is 1. The lowest BCUT2D eigenvalue weighted by Crippen LogP contribution is -2.16. The van der Waals surface area contributed by atoms with Crippen molar-refractivity contribution in [3.05, 3.63) is 47.3 Å². The number of aryl methyl sites for hydroxylation is 1. The fourth-order valence-electron chi connectivity index (χ4n) is 3.57. The van der Waals surface area contributed by atoms with E-state index in [0.29, 0.717) is 11.5 Å². The minimum atomic E-state index is 0.239. The van der Waals surface area contributed by atoms with Crippen molar-refractivity contribution in [3.8, 4) is 23.1 Å². The van der Waals surface area contributed by atoms with Gasteiger partial charge in [-0.15, -0.1) is 0 Å². The van der Waals surface area contributed by atoms with Crippen LogP contribution in [-0.2, 0) is 13.0 Å². The molecule has 3 heterocycles. The molecule has 3 aromatic rings. The molecule has 1 N–H and O–H groups in total. The summed E-state index contributed by atoms with van der Waals surface area (Å²) < 4.78 is 2.14. The molecule has 1 aliphatic rings. The van der Waals surface area contributed by atoms with E-state index in [-0.39, 0.29) is 5.75 Å². The Labute approximate surface area is 134 Å². The summed E-state index contributed by atoms with van der Waals surface area (Å²) in [5.41, 5.74) is 4.98. The zero-order valence-electron chi connectivity index (χ0n) is 13.2. The molecule has 1 aromatic carbocycles. The molecule has 4 nitrogen and oxygen atoms in total. The second-order valence-electron chi connectivity index (χ2n) is 6.30. The summed E-state index contributed by atoms with van der Waals surface area (Å²) >= 11 is 0. The average molecular weight is 303 g/mol. The average Bonchev–Trinajstić information content (AvgIpc) is 2.90. The third-order valence-corrected chi connectivity index (χ3v) is 4.59. The van der Waals surface area contributed by atoms with Crippen LogP contribution in [0.5, 0.6) is 5.75 Å². The first-order chi connectivity index (χ1) is 11.1. The van der Waals surface area contributed by atoms with Crippen molar-refractivity contribution in [2.45, 2.75) is 32.7 Å². The fraction of sp³-hybridized carbons (Fsp3) is 0.263. The molecule has 0 spiro atoms. The lowest BCUT2D eigenvalue weighted by molar-refractivity contribution is 0.475. The van der Waals surface area contributed by atoms with E-state index < -0.39 is 0 Å². The maximum absolute atomic E-state index is 10.5. The van der Waals surface area contributed by atoms with Gasteiger partial charge in [0.2, 0.25) is 0 Å². The smallest absolute Gasteiger partial charge is 0.141 e. The Morgan fingerprint density at radius 3 is 2.83 bits per heavy atom. The van der Waals surface area contributed by atoms with Gasteiger partial charge in [-0.1, -0.05) is 32.0 Å². The van der Waals surface area contributed by atoms with Crippen LogP contribution in [0, 0.1) is 11.3 Å². The third-order valence-electron chi connectivity index (χ3n) is 4.59. The van der Waals surface area contributed by atoms with Crippen molar-refractivity contribution in [3.63, 3.8) is 0 Å². The molecule has 0 saturated heterocycles. The van der Waals surface area contributed by atoms with Gasteiger partial charge in [-0.25, -0.2) is 0 Å². The van der Waals surface area contributed by atoms with Gasteiger partial charge in [0, 0.05) is 35.7 Å². The maximum Gasteiger partial charge on any atom is 0.141 e. The Morgan fingerprint density at radius 1 is 1.30 bits per heavy atom. The molecule has 0 fully saturated rings. The zero-order valence-corrected chi connectivity index (χ0v) is 13.2.